The second kappa shape index (κ2) is 8.33. The Labute approximate surface area is 151 Å². The van der Waals surface area contributed by atoms with Crippen molar-refractivity contribution in [3.63, 3.8) is 0 Å². The van der Waals surface area contributed by atoms with E-state index in [0.717, 1.165) is 11.6 Å². The van der Waals surface area contributed by atoms with Gasteiger partial charge in [0.25, 0.3) is 5.91 Å². The number of carbonyl (C=O) groups is 2. The molecule has 0 spiro atoms. The van der Waals surface area contributed by atoms with Crippen molar-refractivity contribution in [2.45, 2.75) is 33.0 Å². The molecular weight excluding hydrogens is 336 g/mol. The number of hydrogen-bond donors (Lipinski definition) is 2. The minimum absolute atomic E-state index is 0.0330. The molecule has 26 heavy (non-hydrogen) atoms. The van der Waals surface area contributed by atoms with E-state index < -0.39 is 22.9 Å². The summed E-state index contributed by atoms with van der Waals surface area (Å²) < 4.78 is 10.6. The van der Waals surface area contributed by atoms with E-state index in [-0.39, 0.29) is 24.6 Å². The number of aromatic amines is 1. The molecule has 0 aliphatic rings. The second-order valence-corrected chi connectivity index (χ2v) is 6.62. The van der Waals surface area contributed by atoms with Gasteiger partial charge in [-0.05, 0) is 26.3 Å². The molecule has 1 aromatic carbocycles. The molecule has 1 aromatic heterocycles. The smallest absolute Gasteiger partial charge is 0.325 e. The molecule has 7 heteroatoms. The van der Waals surface area contributed by atoms with Crippen LogP contribution in [-0.2, 0) is 16.1 Å². The minimum Gasteiger partial charge on any atom is -0.483 e. The zero-order chi connectivity index (χ0) is 19.2. The summed E-state index contributed by atoms with van der Waals surface area (Å²) in [7, 11) is 0. The fourth-order valence-electron chi connectivity index (χ4n) is 2.06. The molecule has 0 fully saturated rings. The molecule has 0 saturated carbocycles. The maximum atomic E-state index is 12.1. The number of hydrogen-bond acceptors (Lipinski definition) is 5. The van der Waals surface area contributed by atoms with Gasteiger partial charge >= 0.3 is 5.97 Å². The van der Waals surface area contributed by atoms with Crippen LogP contribution in [0.3, 0.4) is 0 Å². The van der Waals surface area contributed by atoms with Gasteiger partial charge in [0.2, 0.25) is 5.43 Å². The summed E-state index contributed by atoms with van der Waals surface area (Å²) in [6.07, 6.45) is 1.33. The lowest BCUT2D eigenvalue weighted by Crippen LogP contribution is -2.35. The number of ether oxygens (including phenoxy) is 2. The van der Waals surface area contributed by atoms with Crippen LogP contribution in [0.1, 0.15) is 36.8 Å². The average Bonchev–Trinajstić information content (AvgIpc) is 2.58. The van der Waals surface area contributed by atoms with E-state index in [0.29, 0.717) is 0 Å². The lowest BCUT2D eigenvalue weighted by Gasteiger charge is -2.19. The molecule has 2 aromatic rings. The van der Waals surface area contributed by atoms with Gasteiger partial charge in [0.1, 0.15) is 24.4 Å². The number of benzene rings is 1. The molecule has 1 heterocycles. The number of H-pyrrole nitrogens is 1. The number of rotatable bonds is 6. The van der Waals surface area contributed by atoms with E-state index in [1.165, 1.54) is 6.20 Å². The van der Waals surface area contributed by atoms with Gasteiger partial charge in [-0.15, -0.1) is 0 Å². The largest absolute Gasteiger partial charge is 0.483 e. The third kappa shape index (κ3) is 6.08. The van der Waals surface area contributed by atoms with Crippen LogP contribution in [0.5, 0.6) is 5.75 Å². The van der Waals surface area contributed by atoms with Crippen LogP contribution in [0.4, 0.5) is 0 Å². The van der Waals surface area contributed by atoms with E-state index in [4.69, 9.17) is 9.47 Å². The fraction of sp³-hybridized carbons (Fsp3) is 0.316. The van der Waals surface area contributed by atoms with Crippen molar-refractivity contribution in [1.82, 2.24) is 10.3 Å². The van der Waals surface area contributed by atoms with Crippen LogP contribution in [0.2, 0.25) is 0 Å². The standard InChI is InChI=1S/C19H22N2O5/c1-19(2,3)26-17(23)11-21-18(24)14-9-15(22)16(10-20-14)25-12-13-7-5-4-6-8-13/h4-10H,11-12H2,1-3H3,(H,20,22)(H,21,24). The highest BCUT2D eigenvalue weighted by atomic mass is 16.6. The van der Waals surface area contributed by atoms with Gasteiger partial charge in [-0.25, -0.2) is 0 Å². The van der Waals surface area contributed by atoms with Crippen molar-refractivity contribution in [3.05, 3.63) is 64.1 Å². The summed E-state index contributed by atoms with van der Waals surface area (Å²) in [4.78, 5) is 38.4. The number of amides is 1. The van der Waals surface area contributed by atoms with Gasteiger partial charge in [0.05, 0.1) is 0 Å². The Morgan fingerprint density at radius 2 is 1.85 bits per heavy atom. The molecule has 2 N–H and O–H groups in total. The quantitative estimate of drug-likeness (QED) is 0.770. The summed E-state index contributed by atoms with van der Waals surface area (Å²) in [5, 5.41) is 2.40. The Morgan fingerprint density at radius 1 is 1.15 bits per heavy atom. The maximum absolute atomic E-state index is 12.1. The van der Waals surface area contributed by atoms with Gasteiger partial charge in [0.15, 0.2) is 5.75 Å². The van der Waals surface area contributed by atoms with Gasteiger partial charge < -0.3 is 19.8 Å². The zero-order valence-corrected chi connectivity index (χ0v) is 15.0. The normalized spacial score (nSPS) is 10.9. The van der Waals surface area contributed by atoms with E-state index in [2.05, 4.69) is 10.3 Å². The summed E-state index contributed by atoms with van der Waals surface area (Å²) >= 11 is 0. The molecule has 0 radical (unpaired) electrons. The predicted molar refractivity (Wildman–Crippen MR) is 96.0 cm³/mol. The number of nitrogens with one attached hydrogen (secondary N) is 2. The van der Waals surface area contributed by atoms with Crippen LogP contribution >= 0.6 is 0 Å². The van der Waals surface area contributed by atoms with Crippen LogP contribution in [0, 0.1) is 0 Å². The minimum atomic E-state index is -0.631. The Kier molecular flexibility index (Phi) is 6.16. The van der Waals surface area contributed by atoms with Crippen molar-refractivity contribution in [3.8, 4) is 5.75 Å². The molecular formula is C19H22N2O5. The van der Waals surface area contributed by atoms with E-state index in [1.807, 2.05) is 30.3 Å². The first-order valence-corrected chi connectivity index (χ1v) is 8.14. The van der Waals surface area contributed by atoms with Gasteiger partial charge in [0, 0.05) is 12.3 Å². The third-order valence-electron chi connectivity index (χ3n) is 3.17. The number of carbonyl (C=O) groups excluding carboxylic acids is 2. The molecule has 0 unspecified atom stereocenters. The number of aromatic nitrogens is 1. The van der Waals surface area contributed by atoms with Crippen molar-refractivity contribution in [1.29, 1.82) is 0 Å². The predicted octanol–water partition coefficient (Wildman–Crippen LogP) is 2.03. The fourth-order valence-corrected chi connectivity index (χ4v) is 2.06. The molecule has 0 aliphatic carbocycles. The molecule has 0 aliphatic heterocycles. The first-order valence-electron chi connectivity index (χ1n) is 8.14. The van der Waals surface area contributed by atoms with Crippen molar-refractivity contribution >= 4 is 11.9 Å². The summed E-state index contributed by atoms with van der Waals surface area (Å²) in [5.41, 5.74) is -0.104. The van der Waals surface area contributed by atoms with E-state index >= 15 is 0 Å². The molecule has 138 valence electrons. The highest BCUT2D eigenvalue weighted by Gasteiger charge is 2.17. The molecule has 0 atom stereocenters. The third-order valence-corrected chi connectivity index (χ3v) is 3.17. The van der Waals surface area contributed by atoms with Gasteiger partial charge in [-0.2, -0.15) is 0 Å². The maximum Gasteiger partial charge on any atom is 0.325 e. The van der Waals surface area contributed by atoms with Crippen molar-refractivity contribution < 1.29 is 19.1 Å². The summed E-state index contributed by atoms with van der Waals surface area (Å²) in [6, 6.07) is 10.5. The van der Waals surface area contributed by atoms with Crippen LogP contribution in [-0.4, -0.2) is 29.0 Å². The number of pyridine rings is 1. The SMILES string of the molecule is CC(C)(C)OC(=O)CNC(=O)c1cc(=O)c(OCc2ccccc2)c[nH]1. The zero-order valence-electron chi connectivity index (χ0n) is 15.0. The first kappa shape index (κ1) is 19.2. The average molecular weight is 358 g/mol. The Balaban J connectivity index is 1.92. The Hall–Kier alpha value is -3.09. The molecule has 0 bridgehead atoms. The molecule has 0 saturated heterocycles. The van der Waals surface area contributed by atoms with Crippen LogP contribution in [0.15, 0.2) is 47.4 Å². The Morgan fingerprint density at radius 3 is 2.46 bits per heavy atom. The first-order chi connectivity index (χ1) is 12.2. The van der Waals surface area contributed by atoms with Gasteiger partial charge in [-0.3, -0.25) is 14.4 Å². The Bertz CT molecular complexity index is 822. The molecule has 7 nitrogen and oxygen atoms in total. The number of esters is 1. The van der Waals surface area contributed by atoms with Crippen molar-refractivity contribution in [2.75, 3.05) is 6.54 Å². The van der Waals surface area contributed by atoms with Crippen LogP contribution < -0.4 is 15.5 Å². The van der Waals surface area contributed by atoms with E-state index in [1.54, 1.807) is 20.8 Å². The van der Waals surface area contributed by atoms with Crippen LogP contribution in [0.25, 0.3) is 0 Å². The van der Waals surface area contributed by atoms with Gasteiger partial charge in [-0.1, -0.05) is 30.3 Å². The monoisotopic (exact) mass is 358 g/mol. The summed E-state index contributed by atoms with van der Waals surface area (Å²) in [5.74, 6) is -1.03. The van der Waals surface area contributed by atoms with E-state index in [9.17, 15) is 14.4 Å². The highest BCUT2D eigenvalue weighted by Crippen LogP contribution is 2.08. The summed E-state index contributed by atoms with van der Waals surface area (Å²) in [6.45, 7) is 5.16. The topological polar surface area (TPSA) is 97.5 Å². The van der Waals surface area contributed by atoms with Crippen molar-refractivity contribution in [2.24, 2.45) is 0 Å². The lowest BCUT2D eigenvalue weighted by atomic mass is 10.2. The molecule has 2 rings (SSSR count). The lowest BCUT2D eigenvalue weighted by molar-refractivity contribution is -0.153. The molecule has 1 amide bonds. The highest BCUT2D eigenvalue weighted by molar-refractivity contribution is 5.94. The second-order valence-electron chi connectivity index (χ2n) is 6.62.